The minimum absolute atomic E-state index is 0.998. The van der Waals surface area contributed by atoms with E-state index in [1.54, 1.807) is 6.21 Å². The van der Waals surface area contributed by atoms with Crippen LogP contribution in [-0.2, 0) is 0 Å². The first-order chi connectivity index (χ1) is 7.84. The van der Waals surface area contributed by atoms with Crippen molar-refractivity contribution in [3.63, 3.8) is 0 Å². The summed E-state index contributed by atoms with van der Waals surface area (Å²) in [5, 5.41) is 4.17. The van der Waals surface area contributed by atoms with E-state index in [-0.39, 0.29) is 0 Å². The van der Waals surface area contributed by atoms with Crippen LogP contribution in [0.2, 0.25) is 0 Å². The van der Waals surface area contributed by atoms with Gasteiger partial charge in [0, 0.05) is 0 Å². The molecule has 0 saturated heterocycles. The Bertz CT molecular complexity index is 458. The second-order valence-corrected chi connectivity index (χ2v) is 3.65. The zero-order valence-electron chi connectivity index (χ0n) is 9.22. The maximum atomic E-state index is 4.17. The van der Waals surface area contributed by atoms with Crippen molar-refractivity contribution in [2.75, 3.05) is 5.43 Å². The van der Waals surface area contributed by atoms with Crippen molar-refractivity contribution in [3.8, 4) is 0 Å². The molecule has 80 valence electrons. The number of aryl methyl sites for hydroxylation is 1. The molecule has 2 heteroatoms. The monoisotopic (exact) mass is 210 g/mol. The van der Waals surface area contributed by atoms with Crippen LogP contribution >= 0.6 is 0 Å². The van der Waals surface area contributed by atoms with Crippen LogP contribution < -0.4 is 5.43 Å². The molecule has 0 atom stereocenters. The van der Waals surface area contributed by atoms with Gasteiger partial charge in [0.1, 0.15) is 0 Å². The predicted molar refractivity (Wildman–Crippen MR) is 68.8 cm³/mol. The summed E-state index contributed by atoms with van der Waals surface area (Å²) >= 11 is 0. The van der Waals surface area contributed by atoms with Crippen molar-refractivity contribution in [3.05, 3.63) is 65.7 Å². The summed E-state index contributed by atoms with van der Waals surface area (Å²) in [4.78, 5) is 0. The van der Waals surface area contributed by atoms with Gasteiger partial charge in [-0.1, -0.05) is 48.0 Å². The van der Waals surface area contributed by atoms with Gasteiger partial charge in [0.25, 0.3) is 0 Å². The van der Waals surface area contributed by atoms with Crippen molar-refractivity contribution in [1.29, 1.82) is 0 Å². The second-order valence-electron chi connectivity index (χ2n) is 3.65. The Morgan fingerprint density at radius 1 is 0.938 bits per heavy atom. The van der Waals surface area contributed by atoms with Gasteiger partial charge >= 0.3 is 0 Å². The van der Waals surface area contributed by atoms with Gasteiger partial charge in [-0.2, -0.15) is 5.10 Å². The smallest absolute Gasteiger partial charge is 0.0561 e. The molecule has 2 rings (SSSR count). The molecule has 2 nitrogen and oxygen atoms in total. The topological polar surface area (TPSA) is 24.4 Å². The predicted octanol–water partition coefficient (Wildman–Crippen LogP) is 3.44. The summed E-state index contributed by atoms with van der Waals surface area (Å²) in [6, 6.07) is 18.1. The molecule has 1 N–H and O–H groups in total. The lowest BCUT2D eigenvalue weighted by Gasteiger charge is -1.99. The molecule has 16 heavy (non-hydrogen) atoms. The summed E-state index contributed by atoms with van der Waals surface area (Å²) in [5.41, 5.74) is 6.32. The largest absolute Gasteiger partial charge is 0.279 e. The van der Waals surface area contributed by atoms with Crippen LogP contribution in [0.3, 0.4) is 0 Å². The second kappa shape index (κ2) is 5.12. The number of hydrogen-bond donors (Lipinski definition) is 1. The van der Waals surface area contributed by atoms with Crippen LogP contribution in [0, 0.1) is 6.92 Å². The van der Waals surface area contributed by atoms with E-state index in [9.17, 15) is 0 Å². The lowest BCUT2D eigenvalue weighted by Crippen LogP contribution is -1.90. The minimum atomic E-state index is 0.998. The number of anilines is 1. The Labute approximate surface area is 95.6 Å². The third-order valence-electron chi connectivity index (χ3n) is 2.26. The molecule has 0 aromatic heterocycles. The average molecular weight is 210 g/mol. The summed E-state index contributed by atoms with van der Waals surface area (Å²) in [6.07, 6.45) is 1.81. The quantitative estimate of drug-likeness (QED) is 0.609. The van der Waals surface area contributed by atoms with Crippen molar-refractivity contribution in [2.24, 2.45) is 5.10 Å². The normalized spacial score (nSPS) is 10.6. The van der Waals surface area contributed by atoms with E-state index < -0.39 is 0 Å². The van der Waals surface area contributed by atoms with Gasteiger partial charge in [-0.15, -0.1) is 0 Å². The van der Waals surface area contributed by atoms with Crippen LogP contribution in [-0.4, -0.2) is 6.21 Å². The highest BCUT2D eigenvalue weighted by Crippen LogP contribution is 2.08. The Balaban J connectivity index is 1.97. The molecular formula is C14H14N2. The van der Waals surface area contributed by atoms with E-state index in [4.69, 9.17) is 0 Å². The van der Waals surface area contributed by atoms with Crippen LogP contribution in [0.15, 0.2) is 59.7 Å². The van der Waals surface area contributed by atoms with Crippen molar-refractivity contribution >= 4 is 11.9 Å². The van der Waals surface area contributed by atoms with Gasteiger partial charge < -0.3 is 0 Å². The molecule has 0 saturated carbocycles. The fourth-order valence-corrected chi connectivity index (χ4v) is 1.35. The SMILES string of the molecule is Cc1ccc(N/N=C/c2ccccc2)cc1. The minimum Gasteiger partial charge on any atom is -0.279 e. The van der Waals surface area contributed by atoms with Crippen LogP contribution in [0.5, 0.6) is 0 Å². The van der Waals surface area contributed by atoms with Gasteiger partial charge in [-0.25, -0.2) is 0 Å². The van der Waals surface area contributed by atoms with Gasteiger partial charge in [0.05, 0.1) is 11.9 Å². The average Bonchev–Trinajstić information content (AvgIpc) is 2.33. The van der Waals surface area contributed by atoms with Crippen molar-refractivity contribution < 1.29 is 0 Å². The summed E-state index contributed by atoms with van der Waals surface area (Å²) in [5.74, 6) is 0. The number of benzene rings is 2. The molecule has 0 aliphatic carbocycles. The lowest BCUT2D eigenvalue weighted by molar-refractivity contribution is 1.34. The van der Waals surface area contributed by atoms with Gasteiger partial charge in [0.15, 0.2) is 0 Å². The molecule has 0 spiro atoms. The molecule has 2 aromatic carbocycles. The third-order valence-corrected chi connectivity index (χ3v) is 2.26. The zero-order valence-corrected chi connectivity index (χ0v) is 9.22. The Kier molecular flexibility index (Phi) is 3.34. The summed E-state index contributed by atoms with van der Waals surface area (Å²) < 4.78 is 0. The molecular weight excluding hydrogens is 196 g/mol. The molecule has 0 aliphatic rings. The maximum Gasteiger partial charge on any atom is 0.0561 e. The first-order valence-electron chi connectivity index (χ1n) is 5.25. The number of nitrogens with zero attached hydrogens (tertiary/aromatic N) is 1. The molecule has 0 fully saturated rings. The first-order valence-corrected chi connectivity index (χ1v) is 5.25. The fraction of sp³-hybridized carbons (Fsp3) is 0.0714. The highest BCUT2D eigenvalue weighted by Gasteiger charge is 1.88. The van der Waals surface area contributed by atoms with Crippen molar-refractivity contribution in [1.82, 2.24) is 0 Å². The number of hydrazone groups is 1. The fourth-order valence-electron chi connectivity index (χ4n) is 1.35. The van der Waals surface area contributed by atoms with Crippen LogP contribution in [0.1, 0.15) is 11.1 Å². The van der Waals surface area contributed by atoms with E-state index in [1.165, 1.54) is 5.56 Å². The van der Waals surface area contributed by atoms with Crippen LogP contribution in [0.4, 0.5) is 5.69 Å². The molecule has 0 amide bonds. The Morgan fingerprint density at radius 3 is 2.31 bits per heavy atom. The highest BCUT2D eigenvalue weighted by atomic mass is 15.3. The van der Waals surface area contributed by atoms with E-state index in [0.29, 0.717) is 0 Å². The molecule has 0 unspecified atom stereocenters. The van der Waals surface area contributed by atoms with E-state index in [0.717, 1.165) is 11.3 Å². The molecule has 0 radical (unpaired) electrons. The summed E-state index contributed by atoms with van der Waals surface area (Å²) in [6.45, 7) is 2.07. The molecule has 0 heterocycles. The number of rotatable bonds is 3. The maximum absolute atomic E-state index is 4.17. The summed E-state index contributed by atoms with van der Waals surface area (Å²) in [7, 11) is 0. The number of hydrogen-bond acceptors (Lipinski definition) is 2. The third kappa shape index (κ3) is 2.95. The standard InChI is InChI=1S/C14H14N2/c1-12-7-9-14(10-8-12)16-15-11-13-5-3-2-4-6-13/h2-11,16H,1H3/b15-11+. The van der Waals surface area contributed by atoms with Crippen LogP contribution in [0.25, 0.3) is 0 Å². The van der Waals surface area contributed by atoms with Crippen molar-refractivity contribution in [2.45, 2.75) is 6.92 Å². The first kappa shape index (κ1) is 10.4. The van der Waals surface area contributed by atoms with E-state index in [2.05, 4.69) is 29.6 Å². The molecule has 0 bridgehead atoms. The Morgan fingerprint density at radius 2 is 1.62 bits per heavy atom. The molecule has 0 aliphatic heterocycles. The molecule has 2 aromatic rings. The lowest BCUT2D eigenvalue weighted by atomic mass is 10.2. The van der Waals surface area contributed by atoms with Gasteiger partial charge in [-0.05, 0) is 24.6 Å². The van der Waals surface area contributed by atoms with E-state index >= 15 is 0 Å². The van der Waals surface area contributed by atoms with Gasteiger partial charge in [0.2, 0.25) is 0 Å². The van der Waals surface area contributed by atoms with E-state index in [1.807, 2.05) is 42.5 Å². The highest BCUT2D eigenvalue weighted by molar-refractivity contribution is 5.80. The van der Waals surface area contributed by atoms with Gasteiger partial charge in [-0.3, -0.25) is 5.43 Å². The Hall–Kier alpha value is -2.09. The zero-order chi connectivity index (χ0) is 11.2. The number of nitrogens with one attached hydrogen (secondary N) is 1.